The summed E-state index contributed by atoms with van der Waals surface area (Å²) in [6.45, 7) is 5.61. The number of aromatic nitrogens is 1. The third-order valence-electron chi connectivity index (χ3n) is 6.31. The number of halogens is 1. The zero-order valence-corrected chi connectivity index (χ0v) is 19.7. The maximum atomic E-state index is 11.7. The highest BCUT2D eigenvalue weighted by molar-refractivity contribution is 14.0. The summed E-state index contributed by atoms with van der Waals surface area (Å²) in [7, 11) is 1.83. The molecule has 1 spiro atoms. The number of carbonyl (C=O) groups is 1. The second kappa shape index (κ2) is 9.95. The third-order valence-corrected chi connectivity index (χ3v) is 6.31. The van der Waals surface area contributed by atoms with Crippen molar-refractivity contribution in [2.75, 3.05) is 44.7 Å². The molecule has 4 rings (SSSR count). The number of piperidine rings is 2. The van der Waals surface area contributed by atoms with Crippen LogP contribution >= 0.6 is 24.0 Å². The molecule has 0 aliphatic carbocycles. The highest BCUT2D eigenvalue weighted by Crippen LogP contribution is 2.36. The molecule has 0 bridgehead atoms. The van der Waals surface area contributed by atoms with Crippen LogP contribution in [0.3, 0.4) is 0 Å². The summed E-state index contributed by atoms with van der Waals surface area (Å²) in [6.07, 6.45) is 8.69. The molecular formula is C21H33IN6O. The molecule has 8 heteroatoms. The molecule has 4 heterocycles. The van der Waals surface area contributed by atoms with Crippen molar-refractivity contribution < 1.29 is 4.79 Å². The first kappa shape index (κ1) is 22.1. The molecule has 1 atom stereocenters. The molecule has 3 aliphatic heterocycles. The van der Waals surface area contributed by atoms with Crippen molar-refractivity contribution in [2.24, 2.45) is 10.4 Å². The van der Waals surface area contributed by atoms with E-state index in [4.69, 9.17) is 0 Å². The molecule has 1 aromatic heterocycles. The fraction of sp³-hybridized carbons (Fsp3) is 0.667. The number of anilines is 1. The third kappa shape index (κ3) is 5.32. The zero-order chi connectivity index (χ0) is 19.4. The van der Waals surface area contributed by atoms with E-state index in [1.807, 2.05) is 13.2 Å². The van der Waals surface area contributed by atoms with E-state index in [-0.39, 0.29) is 35.3 Å². The fourth-order valence-electron chi connectivity index (χ4n) is 4.77. The van der Waals surface area contributed by atoms with Gasteiger partial charge < -0.3 is 20.4 Å². The Labute approximate surface area is 190 Å². The van der Waals surface area contributed by atoms with Crippen LogP contribution in [-0.4, -0.2) is 61.5 Å². The number of pyridine rings is 1. The Bertz CT molecular complexity index is 718. The second-order valence-electron chi connectivity index (χ2n) is 8.45. The number of amides is 1. The van der Waals surface area contributed by atoms with E-state index < -0.39 is 0 Å². The highest BCUT2D eigenvalue weighted by Gasteiger charge is 2.42. The standard InChI is InChI=1S/C21H32N6O.HI/c1-22-20(27-11-5-8-21(16-27)12-19(28)25-15-21)24-14-17-6-7-18(23-13-17)26-9-3-2-4-10-26;/h6-7,13H,2-5,8-12,14-16H2,1H3,(H,22,24)(H,25,28);1H. The molecule has 160 valence electrons. The lowest BCUT2D eigenvalue weighted by Gasteiger charge is -2.40. The SMILES string of the molecule is CN=C(NCc1ccc(N2CCCCC2)nc1)N1CCCC2(CNC(=O)C2)C1.I. The first-order chi connectivity index (χ1) is 13.7. The number of aliphatic imine (C=N–C) groups is 1. The Morgan fingerprint density at radius 1 is 1.24 bits per heavy atom. The van der Waals surface area contributed by atoms with Crippen molar-refractivity contribution in [1.29, 1.82) is 0 Å². The van der Waals surface area contributed by atoms with Gasteiger partial charge in [0.05, 0.1) is 0 Å². The molecule has 2 N–H and O–H groups in total. The van der Waals surface area contributed by atoms with Crippen molar-refractivity contribution in [3.63, 3.8) is 0 Å². The number of rotatable bonds is 3. The minimum Gasteiger partial charge on any atom is -0.357 e. The Balaban J connectivity index is 0.00000240. The molecule has 29 heavy (non-hydrogen) atoms. The first-order valence-corrected chi connectivity index (χ1v) is 10.6. The number of hydrogen-bond acceptors (Lipinski definition) is 4. The summed E-state index contributed by atoms with van der Waals surface area (Å²) in [5.74, 6) is 2.19. The number of likely N-dealkylation sites (tertiary alicyclic amines) is 1. The normalized spacial score (nSPS) is 25.0. The number of nitrogens with zero attached hydrogens (tertiary/aromatic N) is 4. The summed E-state index contributed by atoms with van der Waals surface area (Å²) in [5.41, 5.74) is 1.23. The predicted molar refractivity (Wildman–Crippen MR) is 127 cm³/mol. The Morgan fingerprint density at radius 2 is 2.07 bits per heavy atom. The van der Waals surface area contributed by atoms with Crippen LogP contribution in [0.1, 0.15) is 44.1 Å². The average Bonchev–Trinajstić information content (AvgIpc) is 3.09. The van der Waals surface area contributed by atoms with Crippen LogP contribution in [-0.2, 0) is 11.3 Å². The zero-order valence-electron chi connectivity index (χ0n) is 17.3. The minimum atomic E-state index is 0. The molecule has 0 aromatic carbocycles. The van der Waals surface area contributed by atoms with E-state index in [9.17, 15) is 4.79 Å². The molecule has 1 amide bonds. The van der Waals surface area contributed by atoms with Gasteiger partial charge in [0.1, 0.15) is 5.82 Å². The first-order valence-electron chi connectivity index (χ1n) is 10.6. The van der Waals surface area contributed by atoms with Crippen molar-refractivity contribution >= 4 is 41.7 Å². The largest absolute Gasteiger partial charge is 0.357 e. The number of carbonyl (C=O) groups excluding carboxylic acids is 1. The van der Waals surface area contributed by atoms with Gasteiger partial charge in [-0.3, -0.25) is 9.79 Å². The summed E-state index contributed by atoms with van der Waals surface area (Å²) < 4.78 is 0. The molecule has 1 aromatic rings. The van der Waals surface area contributed by atoms with Crippen LogP contribution in [0.5, 0.6) is 0 Å². The van der Waals surface area contributed by atoms with E-state index in [1.165, 1.54) is 19.3 Å². The summed E-state index contributed by atoms with van der Waals surface area (Å²) in [5, 5.41) is 6.50. The van der Waals surface area contributed by atoms with Crippen molar-refractivity contribution in [3.05, 3.63) is 23.9 Å². The quantitative estimate of drug-likeness (QED) is 0.370. The summed E-state index contributed by atoms with van der Waals surface area (Å²) in [4.78, 5) is 25.6. The molecule has 0 saturated carbocycles. The Kier molecular flexibility index (Phi) is 7.59. The van der Waals surface area contributed by atoms with Crippen LogP contribution in [0, 0.1) is 5.41 Å². The van der Waals surface area contributed by atoms with Crippen LogP contribution in [0.15, 0.2) is 23.3 Å². The van der Waals surface area contributed by atoms with Gasteiger partial charge in [-0.15, -0.1) is 24.0 Å². The summed E-state index contributed by atoms with van der Waals surface area (Å²) in [6, 6.07) is 4.30. The lowest BCUT2D eigenvalue weighted by Crippen LogP contribution is -2.51. The van der Waals surface area contributed by atoms with E-state index in [0.717, 1.165) is 62.9 Å². The molecule has 3 aliphatic rings. The van der Waals surface area contributed by atoms with Gasteiger partial charge in [0.25, 0.3) is 0 Å². The number of guanidine groups is 1. The van der Waals surface area contributed by atoms with Crippen LogP contribution < -0.4 is 15.5 Å². The number of hydrogen-bond donors (Lipinski definition) is 2. The van der Waals surface area contributed by atoms with Gasteiger partial charge in [0.15, 0.2) is 5.96 Å². The van der Waals surface area contributed by atoms with Gasteiger partial charge in [0, 0.05) is 64.3 Å². The monoisotopic (exact) mass is 512 g/mol. The molecule has 3 fully saturated rings. The van der Waals surface area contributed by atoms with Crippen molar-refractivity contribution in [1.82, 2.24) is 20.5 Å². The lowest BCUT2D eigenvalue weighted by molar-refractivity contribution is -0.119. The van der Waals surface area contributed by atoms with Gasteiger partial charge >= 0.3 is 0 Å². The van der Waals surface area contributed by atoms with Gasteiger partial charge in [0.2, 0.25) is 5.91 Å². The Hall–Kier alpha value is -1.58. The maximum absolute atomic E-state index is 11.7. The smallest absolute Gasteiger partial charge is 0.220 e. The van der Waals surface area contributed by atoms with E-state index in [0.29, 0.717) is 13.0 Å². The molecular weight excluding hydrogens is 479 g/mol. The van der Waals surface area contributed by atoms with E-state index >= 15 is 0 Å². The van der Waals surface area contributed by atoms with Crippen LogP contribution in [0.2, 0.25) is 0 Å². The Morgan fingerprint density at radius 3 is 2.72 bits per heavy atom. The second-order valence-corrected chi connectivity index (χ2v) is 8.45. The molecule has 7 nitrogen and oxygen atoms in total. The topological polar surface area (TPSA) is 72.9 Å². The van der Waals surface area contributed by atoms with Gasteiger partial charge in [-0.05, 0) is 43.7 Å². The van der Waals surface area contributed by atoms with E-state index in [2.05, 4.69) is 42.5 Å². The lowest BCUT2D eigenvalue weighted by atomic mass is 9.79. The highest BCUT2D eigenvalue weighted by atomic mass is 127. The van der Waals surface area contributed by atoms with Gasteiger partial charge in [-0.25, -0.2) is 4.98 Å². The van der Waals surface area contributed by atoms with E-state index in [1.54, 1.807) is 0 Å². The molecule has 1 unspecified atom stereocenters. The average molecular weight is 512 g/mol. The molecule has 0 radical (unpaired) electrons. The maximum Gasteiger partial charge on any atom is 0.220 e. The minimum absolute atomic E-state index is 0. The van der Waals surface area contributed by atoms with Gasteiger partial charge in [-0.1, -0.05) is 6.07 Å². The van der Waals surface area contributed by atoms with Crippen molar-refractivity contribution in [2.45, 2.75) is 45.1 Å². The van der Waals surface area contributed by atoms with Crippen LogP contribution in [0.4, 0.5) is 5.82 Å². The van der Waals surface area contributed by atoms with Gasteiger partial charge in [-0.2, -0.15) is 0 Å². The number of nitrogens with one attached hydrogen (secondary N) is 2. The van der Waals surface area contributed by atoms with Crippen LogP contribution in [0.25, 0.3) is 0 Å². The molecule has 3 saturated heterocycles. The fourth-order valence-corrected chi connectivity index (χ4v) is 4.77. The predicted octanol–water partition coefficient (Wildman–Crippen LogP) is 2.37. The summed E-state index contributed by atoms with van der Waals surface area (Å²) >= 11 is 0. The van der Waals surface area contributed by atoms with Crippen molar-refractivity contribution in [3.8, 4) is 0 Å².